The van der Waals surface area contributed by atoms with Gasteiger partial charge in [-0.25, -0.2) is 4.98 Å². The van der Waals surface area contributed by atoms with Crippen molar-refractivity contribution >= 4 is 11.8 Å². The summed E-state index contributed by atoms with van der Waals surface area (Å²) in [6, 6.07) is 0. The lowest BCUT2D eigenvalue weighted by Crippen LogP contribution is -2.47. The number of carbonyl (C=O) groups excluding carboxylic acids is 2. The van der Waals surface area contributed by atoms with Gasteiger partial charge in [-0.3, -0.25) is 9.59 Å². The van der Waals surface area contributed by atoms with E-state index in [1.54, 1.807) is 6.20 Å². The van der Waals surface area contributed by atoms with Crippen molar-refractivity contribution in [3.63, 3.8) is 0 Å². The molecule has 2 amide bonds. The van der Waals surface area contributed by atoms with E-state index in [-0.39, 0.29) is 17.7 Å². The van der Waals surface area contributed by atoms with Crippen LogP contribution in [0.1, 0.15) is 63.1 Å². The fourth-order valence-electron chi connectivity index (χ4n) is 4.94. The summed E-state index contributed by atoms with van der Waals surface area (Å²) >= 11 is 0. The Bertz CT molecular complexity index is 616. The summed E-state index contributed by atoms with van der Waals surface area (Å²) in [5.41, 5.74) is 0. The summed E-state index contributed by atoms with van der Waals surface area (Å²) in [6.07, 6.45) is 11.9. The van der Waals surface area contributed by atoms with E-state index in [0.29, 0.717) is 11.8 Å². The van der Waals surface area contributed by atoms with Crippen molar-refractivity contribution < 1.29 is 9.59 Å². The van der Waals surface area contributed by atoms with Gasteiger partial charge in [0.05, 0.1) is 0 Å². The molecule has 3 heterocycles. The molecule has 1 atom stereocenters. The van der Waals surface area contributed by atoms with Crippen LogP contribution in [-0.4, -0.2) is 57.8 Å². The number of hydrogen-bond acceptors (Lipinski definition) is 3. The number of aromatic nitrogens is 2. The molecule has 0 spiro atoms. The average molecular weight is 358 g/mol. The first kappa shape index (κ1) is 17.6. The second-order valence-corrected chi connectivity index (χ2v) is 8.18. The average Bonchev–Trinajstić information content (AvgIpc) is 3.41. The molecule has 6 nitrogen and oxygen atoms in total. The summed E-state index contributed by atoms with van der Waals surface area (Å²) in [4.78, 5) is 37.2. The lowest BCUT2D eigenvalue weighted by atomic mass is 9.91. The summed E-state index contributed by atoms with van der Waals surface area (Å²) in [5.74, 6) is 2.28. The van der Waals surface area contributed by atoms with Crippen LogP contribution >= 0.6 is 0 Å². The van der Waals surface area contributed by atoms with E-state index in [1.807, 2.05) is 16.0 Å². The molecule has 142 valence electrons. The first-order valence-electron chi connectivity index (χ1n) is 10.3. The predicted octanol–water partition coefficient (Wildman–Crippen LogP) is 2.54. The molecular weight excluding hydrogens is 328 g/mol. The Morgan fingerprint density at radius 3 is 2.27 bits per heavy atom. The third-order valence-electron chi connectivity index (χ3n) is 6.50. The number of H-pyrrole nitrogens is 1. The van der Waals surface area contributed by atoms with Crippen LogP contribution in [0.25, 0.3) is 0 Å². The van der Waals surface area contributed by atoms with Crippen LogP contribution in [0.5, 0.6) is 0 Å². The Labute approximate surface area is 155 Å². The van der Waals surface area contributed by atoms with Gasteiger partial charge in [-0.2, -0.15) is 0 Å². The molecule has 2 aliphatic heterocycles. The fourth-order valence-corrected chi connectivity index (χ4v) is 4.94. The Morgan fingerprint density at radius 2 is 1.58 bits per heavy atom. The molecule has 0 aromatic carbocycles. The summed E-state index contributed by atoms with van der Waals surface area (Å²) in [7, 11) is 0. The van der Waals surface area contributed by atoms with E-state index < -0.39 is 0 Å². The van der Waals surface area contributed by atoms with E-state index in [9.17, 15) is 9.59 Å². The molecule has 1 aliphatic carbocycles. The van der Waals surface area contributed by atoms with Gasteiger partial charge in [0.25, 0.3) is 0 Å². The zero-order chi connectivity index (χ0) is 17.9. The summed E-state index contributed by atoms with van der Waals surface area (Å²) in [5, 5.41) is 0. The number of rotatable bonds is 3. The minimum atomic E-state index is 0.0815. The topological polar surface area (TPSA) is 69.3 Å². The molecule has 3 fully saturated rings. The Hall–Kier alpha value is -1.85. The number of nitrogens with one attached hydrogen (secondary N) is 1. The van der Waals surface area contributed by atoms with Crippen molar-refractivity contribution in [2.24, 2.45) is 11.8 Å². The highest BCUT2D eigenvalue weighted by atomic mass is 16.2. The van der Waals surface area contributed by atoms with Crippen molar-refractivity contribution in [2.75, 3.05) is 26.2 Å². The number of likely N-dealkylation sites (tertiary alicyclic amines) is 2. The van der Waals surface area contributed by atoms with Gasteiger partial charge in [0.1, 0.15) is 5.82 Å². The van der Waals surface area contributed by atoms with E-state index >= 15 is 0 Å². The Balaban J connectivity index is 1.29. The van der Waals surface area contributed by atoms with E-state index in [2.05, 4.69) is 9.97 Å². The van der Waals surface area contributed by atoms with E-state index in [0.717, 1.165) is 70.5 Å². The summed E-state index contributed by atoms with van der Waals surface area (Å²) in [6.45, 7) is 3.13. The molecule has 0 bridgehead atoms. The minimum absolute atomic E-state index is 0.0815. The summed E-state index contributed by atoms with van der Waals surface area (Å²) < 4.78 is 0. The van der Waals surface area contributed by atoms with Crippen molar-refractivity contribution in [2.45, 2.75) is 57.3 Å². The lowest BCUT2D eigenvalue weighted by Gasteiger charge is -2.38. The second-order valence-electron chi connectivity index (χ2n) is 8.18. The van der Waals surface area contributed by atoms with Crippen LogP contribution in [0.2, 0.25) is 0 Å². The van der Waals surface area contributed by atoms with Crippen LogP contribution in [0.3, 0.4) is 0 Å². The number of amides is 2. The quantitative estimate of drug-likeness (QED) is 0.903. The van der Waals surface area contributed by atoms with Gasteiger partial charge in [-0.05, 0) is 38.5 Å². The molecule has 0 radical (unpaired) electrons. The van der Waals surface area contributed by atoms with Crippen LogP contribution < -0.4 is 0 Å². The fraction of sp³-hybridized carbons (Fsp3) is 0.750. The van der Waals surface area contributed by atoms with Crippen molar-refractivity contribution in [3.8, 4) is 0 Å². The van der Waals surface area contributed by atoms with Crippen LogP contribution in [-0.2, 0) is 9.59 Å². The number of aromatic amines is 1. The van der Waals surface area contributed by atoms with E-state index in [4.69, 9.17) is 0 Å². The Morgan fingerprint density at radius 1 is 0.885 bits per heavy atom. The SMILES string of the molecule is O=C(C1CCCC1)N1CCC(C(=O)N2CCCC(c3ncc[nH]3)C2)CC1. The number of carbonyl (C=O) groups is 2. The van der Waals surface area contributed by atoms with Gasteiger partial charge in [0.2, 0.25) is 11.8 Å². The first-order chi connectivity index (χ1) is 12.7. The van der Waals surface area contributed by atoms with Gasteiger partial charge in [-0.15, -0.1) is 0 Å². The van der Waals surface area contributed by atoms with Crippen LogP contribution in [0, 0.1) is 11.8 Å². The van der Waals surface area contributed by atoms with Crippen LogP contribution in [0.15, 0.2) is 12.4 Å². The van der Waals surface area contributed by atoms with Crippen LogP contribution in [0.4, 0.5) is 0 Å². The van der Waals surface area contributed by atoms with Gasteiger partial charge < -0.3 is 14.8 Å². The zero-order valence-corrected chi connectivity index (χ0v) is 15.5. The molecule has 1 N–H and O–H groups in total. The molecule has 6 heteroatoms. The molecule has 2 saturated heterocycles. The molecule has 4 rings (SSSR count). The van der Waals surface area contributed by atoms with Crippen molar-refractivity contribution in [3.05, 3.63) is 18.2 Å². The standard InChI is InChI=1S/C20H30N4O2/c25-19(15-4-1-2-5-15)23-12-7-16(8-13-23)20(26)24-11-3-6-17(14-24)18-21-9-10-22-18/h9-10,15-17H,1-8,11-14H2,(H,21,22). The third kappa shape index (κ3) is 3.64. The molecule has 3 aliphatic rings. The van der Waals surface area contributed by atoms with Gasteiger partial charge in [-0.1, -0.05) is 12.8 Å². The minimum Gasteiger partial charge on any atom is -0.348 e. The molecule has 1 unspecified atom stereocenters. The maximum absolute atomic E-state index is 13.0. The van der Waals surface area contributed by atoms with Gasteiger partial charge in [0.15, 0.2) is 0 Å². The highest BCUT2D eigenvalue weighted by Crippen LogP contribution is 2.30. The number of hydrogen-bond donors (Lipinski definition) is 1. The van der Waals surface area contributed by atoms with Gasteiger partial charge in [0, 0.05) is 56.3 Å². The number of imidazole rings is 1. The maximum atomic E-state index is 13.0. The highest BCUT2D eigenvalue weighted by Gasteiger charge is 2.35. The monoisotopic (exact) mass is 358 g/mol. The van der Waals surface area contributed by atoms with Crippen molar-refractivity contribution in [1.29, 1.82) is 0 Å². The van der Waals surface area contributed by atoms with E-state index in [1.165, 1.54) is 12.8 Å². The maximum Gasteiger partial charge on any atom is 0.225 e. The molecular formula is C20H30N4O2. The smallest absolute Gasteiger partial charge is 0.225 e. The number of nitrogens with zero attached hydrogens (tertiary/aromatic N) is 3. The Kier molecular flexibility index (Phi) is 5.27. The highest BCUT2D eigenvalue weighted by molar-refractivity contribution is 5.81. The molecule has 26 heavy (non-hydrogen) atoms. The van der Waals surface area contributed by atoms with Crippen molar-refractivity contribution in [1.82, 2.24) is 19.8 Å². The second kappa shape index (κ2) is 7.80. The molecule has 1 saturated carbocycles. The zero-order valence-electron chi connectivity index (χ0n) is 15.5. The largest absolute Gasteiger partial charge is 0.348 e. The first-order valence-corrected chi connectivity index (χ1v) is 10.3. The molecule has 1 aromatic heterocycles. The molecule has 1 aromatic rings. The number of piperidine rings is 2. The lowest BCUT2D eigenvalue weighted by molar-refractivity contribution is -0.143. The third-order valence-corrected chi connectivity index (χ3v) is 6.50. The predicted molar refractivity (Wildman–Crippen MR) is 98.4 cm³/mol. The van der Waals surface area contributed by atoms with Gasteiger partial charge >= 0.3 is 0 Å². The normalized spacial score (nSPS) is 25.6.